The zero-order valence-electron chi connectivity index (χ0n) is 10.6. The quantitative estimate of drug-likeness (QED) is 0.630. The molecule has 0 aromatic heterocycles. The Bertz CT molecular complexity index is 511. The maximum absolute atomic E-state index is 12.0. The van der Waals surface area contributed by atoms with Crippen molar-refractivity contribution in [3.05, 3.63) is 33.9 Å². The summed E-state index contributed by atoms with van der Waals surface area (Å²) in [6.07, 6.45) is 3.30. The molecule has 0 heterocycles. The molecule has 0 spiro atoms. The lowest BCUT2D eigenvalue weighted by molar-refractivity contribution is -0.385. The first-order chi connectivity index (χ1) is 8.99. The van der Waals surface area contributed by atoms with Gasteiger partial charge in [-0.1, -0.05) is 18.9 Å². The van der Waals surface area contributed by atoms with Crippen molar-refractivity contribution in [2.24, 2.45) is 5.92 Å². The maximum Gasteiger partial charge on any atom is 0.311 e. The highest BCUT2D eigenvalue weighted by atomic mass is 16.6. The summed E-state index contributed by atoms with van der Waals surface area (Å²) < 4.78 is 0. The number of para-hydroxylation sites is 1. The fourth-order valence-electron chi connectivity index (χ4n) is 2.08. The lowest BCUT2D eigenvalue weighted by atomic mass is 10.1. The zero-order valence-corrected chi connectivity index (χ0v) is 10.6. The predicted octanol–water partition coefficient (Wildman–Crippen LogP) is 2.22. The molecule has 1 aliphatic carbocycles. The molecule has 1 aliphatic rings. The lowest BCUT2D eigenvalue weighted by Crippen LogP contribution is -2.32. The minimum atomic E-state index is -0.709. The lowest BCUT2D eigenvalue weighted by Gasteiger charge is -2.13. The van der Waals surface area contributed by atoms with Crippen LogP contribution in [0.3, 0.4) is 0 Å². The van der Waals surface area contributed by atoms with E-state index in [0.29, 0.717) is 5.92 Å². The smallest absolute Gasteiger partial charge is 0.311 e. The standard InChI is InChI=1S/C13H16N2O4/c1-8(7-9-5-6-9)14-13(17)10-3-2-4-11(12(10)16)15(18)19/h2-4,8-9,16H,5-7H2,1H3,(H,14,17). The van der Waals surface area contributed by atoms with Crippen molar-refractivity contribution in [3.8, 4) is 5.75 Å². The fraction of sp³-hybridized carbons (Fsp3) is 0.462. The first kappa shape index (κ1) is 13.3. The minimum Gasteiger partial charge on any atom is -0.502 e. The van der Waals surface area contributed by atoms with E-state index < -0.39 is 22.3 Å². The molecular weight excluding hydrogens is 248 g/mol. The average Bonchev–Trinajstić information content (AvgIpc) is 3.12. The molecule has 19 heavy (non-hydrogen) atoms. The molecule has 0 saturated heterocycles. The molecule has 1 fully saturated rings. The number of aromatic hydroxyl groups is 1. The number of phenolic OH excluding ortho intramolecular Hbond substituents is 1. The van der Waals surface area contributed by atoms with Gasteiger partial charge in [-0.2, -0.15) is 0 Å². The van der Waals surface area contributed by atoms with Crippen LogP contribution in [0.4, 0.5) is 5.69 Å². The molecule has 0 bridgehead atoms. The second-order valence-electron chi connectivity index (χ2n) is 4.98. The number of nitrogens with zero attached hydrogens (tertiary/aromatic N) is 1. The van der Waals surface area contributed by atoms with Gasteiger partial charge < -0.3 is 10.4 Å². The number of nitrogens with one attached hydrogen (secondary N) is 1. The first-order valence-electron chi connectivity index (χ1n) is 6.26. The van der Waals surface area contributed by atoms with Gasteiger partial charge >= 0.3 is 5.69 Å². The SMILES string of the molecule is CC(CC1CC1)NC(=O)c1cccc([N+](=O)[O-])c1O. The van der Waals surface area contributed by atoms with Crippen LogP contribution in [0.25, 0.3) is 0 Å². The van der Waals surface area contributed by atoms with E-state index in [1.54, 1.807) is 0 Å². The molecule has 1 aromatic carbocycles. The van der Waals surface area contributed by atoms with Crippen molar-refractivity contribution in [3.63, 3.8) is 0 Å². The van der Waals surface area contributed by atoms with Crippen LogP contribution < -0.4 is 5.32 Å². The molecule has 1 saturated carbocycles. The Kier molecular flexibility index (Phi) is 3.69. The number of carbonyl (C=O) groups excluding carboxylic acids is 1. The van der Waals surface area contributed by atoms with Gasteiger partial charge in [-0.3, -0.25) is 14.9 Å². The van der Waals surface area contributed by atoms with Crippen LogP contribution in [0.2, 0.25) is 0 Å². The van der Waals surface area contributed by atoms with Gasteiger partial charge in [0.15, 0.2) is 0 Å². The Morgan fingerprint density at radius 2 is 2.26 bits per heavy atom. The van der Waals surface area contributed by atoms with Crippen molar-refractivity contribution in [2.45, 2.75) is 32.2 Å². The molecule has 2 rings (SSSR count). The third-order valence-electron chi connectivity index (χ3n) is 3.22. The van der Waals surface area contributed by atoms with Crippen LogP contribution in [-0.2, 0) is 0 Å². The number of hydrogen-bond acceptors (Lipinski definition) is 4. The number of amides is 1. The van der Waals surface area contributed by atoms with Gasteiger partial charge in [0.05, 0.1) is 10.5 Å². The Labute approximate surface area is 110 Å². The van der Waals surface area contributed by atoms with Crippen LogP contribution in [0, 0.1) is 16.0 Å². The Morgan fingerprint density at radius 1 is 1.58 bits per heavy atom. The molecule has 0 aliphatic heterocycles. The van der Waals surface area contributed by atoms with E-state index in [-0.39, 0.29) is 11.6 Å². The maximum atomic E-state index is 12.0. The van der Waals surface area contributed by atoms with Crippen molar-refractivity contribution in [1.82, 2.24) is 5.32 Å². The summed E-state index contributed by atoms with van der Waals surface area (Å²) >= 11 is 0. The Hall–Kier alpha value is -2.11. The molecule has 102 valence electrons. The average molecular weight is 264 g/mol. The van der Waals surface area contributed by atoms with Crippen molar-refractivity contribution in [1.29, 1.82) is 0 Å². The van der Waals surface area contributed by atoms with Crippen LogP contribution in [-0.4, -0.2) is 22.0 Å². The molecule has 1 aromatic rings. The van der Waals surface area contributed by atoms with Gasteiger partial charge in [0.1, 0.15) is 0 Å². The van der Waals surface area contributed by atoms with E-state index in [4.69, 9.17) is 0 Å². The third kappa shape index (κ3) is 3.21. The second kappa shape index (κ2) is 5.26. The number of nitro groups is 1. The molecule has 1 amide bonds. The summed E-state index contributed by atoms with van der Waals surface area (Å²) in [6.45, 7) is 1.89. The highest BCUT2D eigenvalue weighted by Crippen LogP contribution is 2.34. The van der Waals surface area contributed by atoms with Gasteiger partial charge in [0.25, 0.3) is 5.91 Å². The number of hydrogen-bond donors (Lipinski definition) is 2. The summed E-state index contributed by atoms with van der Waals surface area (Å²) in [5, 5.41) is 23.2. The zero-order chi connectivity index (χ0) is 14.0. The number of carbonyl (C=O) groups is 1. The largest absolute Gasteiger partial charge is 0.502 e. The van der Waals surface area contributed by atoms with E-state index in [1.807, 2.05) is 6.92 Å². The summed E-state index contributed by atoms with van der Waals surface area (Å²) in [7, 11) is 0. The molecule has 2 N–H and O–H groups in total. The summed E-state index contributed by atoms with van der Waals surface area (Å²) in [5.74, 6) is -0.382. The number of nitro benzene ring substituents is 1. The van der Waals surface area contributed by atoms with E-state index >= 15 is 0 Å². The van der Waals surface area contributed by atoms with E-state index in [0.717, 1.165) is 6.42 Å². The summed E-state index contributed by atoms with van der Waals surface area (Å²) in [6, 6.07) is 3.93. The van der Waals surface area contributed by atoms with Crippen molar-refractivity contribution in [2.75, 3.05) is 0 Å². The van der Waals surface area contributed by atoms with E-state index in [2.05, 4.69) is 5.32 Å². The second-order valence-corrected chi connectivity index (χ2v) is 4.98. The van der Waals surface area contributed by atoms with Gasteiger partial charge in [0, 0.05) is 12.1 Å². The molecule has 6 heteroatoms. The van der Waals surface area contributed by atoms with E-state index in [1.165, 1.54) is 31.0 Å². The van der Waals surface area contributed by atoms with Gasteiger partial charge in [-0.05, 0) is 25.3 Å². The predicted molar refractivity (Wildman–Crippen MR) is 69.0 cm³/mol. The minimum absolute atomic E-state index is 0.00124. The van der Waals surface area contributed by atoms with Crippen molar-refractivity contribution < 1.29 is 14.8 Å². The number of rotatable bonds is 5. The number of benzene rings is 1. The first-order valence-corrected chi connectivity index (χ1v) is 6.26. The van der Waals surface area contributed by atoms with Crippen LogP contribution in [0.1, 0.15) is 36.5 Å². The van der Waals surface area contributed by atoms with Crippen LogP contribution in [0.5, 0.6) is 5.75 Å². The normalized spacial score (nSPS) is 15.8. The topological polar surface area (TPSA) is 92.5 Å². The fourth-order valence-corrected chi connectivity index (χ4v) is 2.08. The molecule has 1 atom stereocenters. The summed E-state index contributed by atoms with van der Waals surface area (Å²) in [5.41, 5.74) is -0.514. The van der Waals surface area contributed by atoms with Gasteiger partial charge in [-0.15, -0.1) is 0 Å². The monoisotopic (exact) mass is 264 g/mol. The Morgan fingerprint density at radius 3 is 2.84 bits per heavy atom. The summed E-state index contributed by atoms with van der Waals surface area (Å²) in [4.78, 5) is 21.9. The third-order valence-corrected chi connectivity index (χ3v) is 3.22. The van der Waals surface area contributed by atoms with Gasteiger partial charge in [0.2, 0.25) is 5.75 Å². The molecular formula is C13H16N2O4. The van der Waals surface area contributed by atoms with Crippen LogP contribution >= 0.6 is 0 Å². The van der Waals surface area contributed by atoms with E-state index in [9.17, 15) is 20.0 Å². The molecule has 0 radical (unpaired) electrons. The Balaban J connectivity index is 2.09. The molecule has 1 unspecified atom stereocenters. The van der Waals surface area contributed by atoms with Crippen LogP contribution in [0.15, 0.2) is 18.2 Å². The van der Waals surface area contributed by atoms with Gasteiger partial charge in [-0.25, -0.2) is 0 Å². The highest BCUT2D eigenvalue weighted by molar-refractivity contribution is 5.98. The number of phenols is 1. The molecule has 6 nitrogen and oxygen atoms in total. The highest BCUT2D eigenvalue weighted by Gasteiger charge is 2.26. The van der Waals surface area contributed by atoms with Crippen molar-refractivity contribution >= 4 is 11.6 Å².